The maximum absolute atomic E-state index is 12.1. The van der Waals surface area contributed by atoms with Crippen molar-refractivity contribution in [1.29, 1.82) is 0 Å². The zero-order valence-corrected chi connectivity index (χ0v) is 17.5. The number of carbonyl (C=O) groups excluding carboxylic acids is 2. The molecule has 31 heavy (non-hydrogen) atoms. The van der Waals surface area contributed by atoms with Crippen LogP contribution in [0.5, 0.6) is 11.5 Å². The van der Waals surface area contributed by atoms with E-state index < -0.39 is 11.3 Å². The van der Waals surface area contributed by atoms with Crippen LogP contribution >= 0.6 is 0 Å². The lowest BCUT2D eigenvalue weighted by atomic mass is 9.88. The Morgan fingerprint density at radius 3 is 2.35 bits per heavy atom. The van der Waals surface area contributed by atoms with Gasteiger partial charge in [0.15, 0.2) is 0 Å². The van der Waals surface area contributed by atoms with Crippen LogP contribution in [0.3, 0.4) is 0 Å². The summed E-state index contributed by atoms with van der Waals surface area (Å²) in [6, 6.07) is 10.6. The summed E-state index contributed by atoms with van der Waals surface area (Å²) >= 11 is 0. The number of nitrogens with two attached hydrogens (primary N) is 1. The summed E-state index contributed by atoms with van der Waals surface area (Å²) in [4.78, 5) is 36.3. The Hall–Kier alpha value is -4.01. The molecule has 160 valence electrons. The zero-order valence-electron chi connectivity index (χ0n) is 17.5. The molecule has 0 bridgehead atoms. The molecule has 9 heteroatoms. The first kappa shape index (κ1) is 21.7. The van der Waals surface area contributed by atoms with E-state index in [0.29, 0.717) is 17.3 Å². The Bertz CT molecular complexity index is 1070. The number of rotatable bonds is 8. The van der Waals surface area contributed by atoms with Crippen LogP contribution in [0.1, 0.15) is 20.3 Å². The maximum Gasteiger partial charge on any atom is 0.226 e. The molecule has 0 saturated carbocycles. The minimum atomic E-state index is -0.935. The highest BCUT2D eigenvalue weighted by Crippen LogP contribution is 2.26. The fourth-order valence-corrected chi connectivity index (χ4v) is 2.65. The summed E-state index contributed by atoms with van der Waals surface area (Å²) in [5.41, 5.74) is 5.95. The number of ether oxygens (including phenoxy) is 1. The second-order valence-corrected chi connectivity index (χ2v) is 7.51. The van der Waals surface area contributed by atoms with Crippen molar-refractivity contribution in [2.24, 2.45) is 11.1 Å². The van der Waals surface area contributed by atoms with Gasteiger partial charge in [-0.1, -0.05) is 13.8 Å². The average molecular weight is 420 g/mol. The van der Waals surface area contributed by atoms with E-state index in [1.807, 2.05) is 12.1 Å². The molecule has 0 radical (unpaired) electrons. The van der Waals surface area contributed by atoms with Gasteiger partial charge in [-0.15, -0.1) is 0 Å². The SMILES string of the molecule is CNc1ccc(-c2cc(Oc3ccc(NC(=O)CC(C)(C)C(N)=O)nc3)ccn2)cn1. The first-order valence-electron chi connectivity index (χ1n) is 9.61. The highest BCUT2D eigenvalue weighted by Gasteiger charge is 2.28. The molecule has 0 fully saturated rings. The standard InChI is InChI=1S/C22H24N6O3/c1-22(2,21(23)30)11-20(29)28-19-7-5-16(13-27-19)31-15-8-9-25-17(10-15)14-4-6-18(24-3)26-12-14/h4-10,12-13H,11H2,1-3H3,(H2,23,30)(H,24,26)(H,27,28,29). The second-order valence-electron chi connectivity index (χ2n) is 7.51. The van der Waals surface area contributed by atoms with Gasteiger partial charge < -0.3 is 21.1 Å². The summed E-state index contributed by atoms with van der Waals surface area (Å²) in [6.45, 7) is 3.24. The Kier molecular flexibility index (Phi) is 6.44. The van der Waals surface area contributed by atoms with E-state index in [9.17, 15) is 9.59 Å². The van der Waals surface area contributed by atoms with Crippen LogP contribution in [0.2, 0.25) is 0 Å². The van der Waals surface area contributed by atoms with Gasteiger partial charge in [-0.2, -0.15) is 0 Å². The van der Waals surface area contributed by atoms with Crippen molar-refractivity contribution in [2.45, 2.75) is 20.3 Å². The molecule has 0 aliphatic heterocycles. The van der Waals surface area contributed by atoms with Gasteiger partial charge in [0.05, 0.1) is 17.3 Å². The molecule has 0 spiro atoms. The average Bonchev–Trinajstić information content (AvgIpc) is 2.75. The van der Waals surface area contributed by atoms with E-state index in [1.54, 1.807) is 57.6 Å². The van der Waals surface area contributed by atoms with Crippen molar-refractivity contribution in [2.75, 3.05) is 17.7 Å². The van der Waals surface area contributed by atoms with Crippen molar-refractivity contribution in [1.82, 2.24) is 15.0 Å². The molecular formula is C22H24N6O3. The molecule has 2 amide bonds. The number of carbonyl (C=O) groups is 2. The number of hydrogen-bond acceptors (Lipinski definition) is 7. The van der Waals surface area contributed by atoms with Crippen molar-refractivity contribution >= 4 is 23.5 Å². The Morgan fingerprint density at radius 1 is 1.00 bits per heavy atom. The minimum absolute atomic E-state index is 0.0355. The summed E-state index contributed by atoms with van der Waals surface area (Å²) in [5, 5.41) is 5.62. The predicted molar refractivity (Wildman–Crippen MR) is 118 cm³/mol. The third kappa shape index (κ3) is 5.75. The fraction of sp³-hybridized carbons (Fsp3) is 0.227. The van der Waals surface area contributed by atoms with E-state index >= 15 is 0 Å². The first-order chi connectivity index (χ1) is 14.8. The normalized spacial score (nSPS) is 10.9. The van der Waals surface area contributed by atoms with Gasteiger partial charge >= 0.3 is 0 Å². The second kappa shape index (κ2) is 9.21. The lowest BCUT2D eigenvalue weighted by Gasteiger charge is -2.19. The van der Waals surface area contributed by atoms with E-state index in [-0.39, 0.29) is 12.3 Å². The molecule has 0 saturated heterocycles. The highest BCUT2D eigenvalue weighted by molar-refractivity contribution is 5.94. The molecule has 3 heterocycles. The molecule has 0 unspecified atom stereocenters. The van der Waals surface area contributed by atoms with Crippen molar-refractivity contribution in [3.8, 4) is 22.8 Å². The zero-order chi connectivity index (χ0) is 22.4. The topological polar surface area (TPSA) is 132 Å². The Morgan fingerprint density at radius 2 is 1.74 bits per heavy atom. The van der Waals surface area contributed by atoms with Crippen LogP contribution in [0.25, 0.3) is 11.3 Å². The van der Waals surface area contributed by atoms with Gasteiger partial charge in [0.2, 0.25) is 11.8 Å². The number of anilines is 2. The van der Waals surface area contributed by atoms with Crippen molar-refractivity contribution in [3.63, 3.8) is 0 Å². The number of pyridine rings is 3. The van der Waals surface area contributed by atoms with Crippen LogP contribution in [0.15, 0.2) is 55.0 Å². The van der Waals surface area contributed by atoms with Crippen LogP contribution in [0, 0.1) is 5.41 Å². The summed E-state index contributed by atoms with van der Waals surface area (Å²) < 4.78 is 5.85. The lowest BCUT2D eigenvalue weighted by Crippen LogP contribution is -2.35. The van der Waals surface area contributed by atoms with Crippen molar-refractivity contribution < 1.29 is 14.3 Å². The van der Waals surface area contributed by atoms with Gasteiger partial charge in [-0.25, -0.2) is 9.97 Å². The lowest BCUT2D eigenvalue weighted by molar-refractivity contribution is -0.130. The third-order valence-corrected chi connectivity index (χ3v) is 4.56. The monoisotopic (exact) mass is 420 g/mol. The number of nitrogens with one attached hydrogen (secondary N) is 2. The summed E-state index contributed by atoms with van der Waals surface area (Å²) in [7, 11) is 1.81. The van der Waals surface area contributed by atoms with Crippen LogP contribution in [-0.2, 0) is 9.59 Å². The van der Waals surface area contributed by atoms with Crippen LogP contribution in [0.4, 0.5) is 11.6 Å². The number of amides is 2. The Balaban J connectivity index is 1.64. The fourth-order valence-electron chi connectivity index (χ4n) is 2.65. The summed E-state index contributed by atoms with van der Waals surface area (Å²) in [5.74, 6) is 1.32. The number of primary amides is 1. The van der Waals surface area contributed by atoms with E-state index in [0.717, 1.165) is 17.1 Å². The number of nitrogens with zero attached hydrogens (tertiary/aromatic N) is 3. The van der Waals surface area contributed by atoms with Crippen LogP contribution < -0.4 is 21.1 Å². The smallest absolute Gasteiger partial charge is 0.226 e. The minimum Gasteiger partial charge on any atom is -0.456 e. The highest BCUT2D eigenvalue weighted by atomic mass is 16.5. The predicted octanol–water partition coefficient (Wildman–Crippen LogP) is 3.21. The van der Waals surface area contributed by atoms with E-state index in [1.165, 1.54) is 6.20 Å². The molecule has 9 nitrogen and oxygen atoms in total. The summed E-state index contributed by atoms with van der Waals surface area (Å²) in [6.07, 6.45) is 4.85. The van der Waals surface area contributed by atoms with Gasteiger partial charge in [-0.3, -0.25) is 14.6 Å². The van der Waals surface area contributed by atoms with E-state index in [2.05, 4.69) is 25.6 Å². The molecule has 3 aromatic rings. The van der Waals surface area contributed by atoms with Crippen molar-refractivity contribution in [3.05, 3.63) is 55.0 Å². The molecule has 4 N–H and O–H groups in total. The quantitative estimate of drug-likeness (QED) is 0.510. The van der Waals surface area contributed by atoms with Crippen LogP contribution in [-0.4, -0.2) is 33.8 Å². The Labute approximate surface area is 180 Å². The largest absolute Gasteiger partial charge is 0.456 e. The molecule has 0 aromatic carbocycles. The van der Waals surface area contributed by atoms with Gasteiger partial charge in [0.25, 0.3) is 0 Å². The molecular weight excluding hydrogens is 396 g/mol. The van der Waals surface area contributed by atoms with Gasteiger partial charge in [0.1, 0.15) is 23.1 Å². The first-order valence-corrected chi connectivity index (χ1v) is 9.61. The molecule has 3 aromatic heterocycles. The van der Waals surface area contributed by atoms with Gasteiger partial charge in [0, 0.05) is 37.5 Å². The molecule has 0 aliphatic rings. The maximum atomic E-state index is 12.1. The van der Waals surface area contributed by atoms with E-state index in [4.69, 9.17) is 10.5 Å². The molecule has 0 aliphatic carbocycles. The van der Waals surface area contributed by atoms with Gasteiger partial charge in [-0.05, 0) is 30.3 Å². The number of aromatic nitrogens is 3. The molecule has 3 rings (SSSR count). The third-order valence-electron chi connectivity index (χ3n) is 4.56. The number of hydrogen-bond donors (Lipinski definition) is 3. The molecule has 0 atom stereocenters.